The largest absolute Gasteiger partial charge is 0.381 e. The van der Waals surface area contributed by atoms with Crippen LogP contribution >= 0.6 is 23.2 Å². The molecule has 0 heterocycles. The minimum Gasteiger partial charge on any atom is -0.381 e. The number of hydrogen-bond donors (Lipinski definition) is 1. The molecule has 0 aliphatic rings. The molecule has 0 unspecified atom stereocenters. The lowest BCUT2D eigenvalue weighted by Crippen LogP contribution is -2.02. The van der Waals surface area contributed by atoms with Gasteiger partial charge >= 0.3 is 0 Å². The molecule has 0 saturated heterocycles. The normalized spacial score (nSPS) is 10.5. The summed E-state index contributed by atoms with van der Waals surface area (Å²) in [5.74, 6) is -0.491. The van der Waals surface area contributed by atoms with Gasteiger partial charge in [0, 0.05) is 18.3 Å². The molecule has 21 heavy (non-hydrogen) atoms. The summed E-state index contributed by atoms with van der Waals surface area (Å²) in [5, 5.41) is 14.0. The Balaban J connectivity index is 2.18. The molecule has 1 N–H and O–H groups in total. The van der Waals surface area contributed by atoms with Crippen molar-refractivity contribution in [3.63, 3.8) is 0 Å². The molecule has 0 atom stereocenters. The van der Waals surface area contributed by atoms with Crippen LogP contribution in [0.4, 0.5) is 15.8 Å². The zero-order valence-electron chi connectivity index (χ0n) is 11.0. The van der Waals surface area contributed by atoms with Crippen LogP contribution in [0, 0.1) is 22.9 Å². The SMILES string of the molecule is Cc1cc([N+](=O)[O-])c(Cl)cc1NCc1ccc(Cl)c(F)c1. The van der Waals surface area contributed by atoms with Crippen molar-refractivity contribution in [3.8, 4) is 0 Å². The number of nitrogens with zero attached hydrogens (tertiary/aromatic N) is 1. The van der Waals surface area contributed by atoms with E-state index in [4.69, 9.17) is 23.2 Å². The van der Waals surface area contributed by atoms with Crippen molar-refractivity contribution >= 4 is 34.6 Å². The number of nitro groups is 1. The van der Waals surface area contributed by atoms with Crippen LogP contribution in [-0.2, 0) is 6.54 Å². The van der Waals surface area contributed by atoms with Gasteiger partial charge in [-0.1, -0.05) is 29.3 Å². The Morgan fingerprint density at radius 2 is 1.95 bits per heavy atom. The molecule has 0 aliphatic heterocycles. The first-order valence-electron chi connectivity index (χ1n) is 6.01. The lowest BCUT2D eigenvalue weighted by Gasteiger charge is -2.10. The molecule has 2 rings (SSSR count). The van der Waals surface area contributed by atoms with Gasteiger partial charge in [-0.05, 0) is 36.2 Å². The topological polar surface area (TPSA) is 55.2 Å². The molecule has 2 aromatic rings. The quantitative estimate of drug-likeness (QED) is 0.637. The number of aryl methyl sites for hydroxylation is 1. The van der Waals surface area contributed by atoms with Gasteiger partial charge in [-0.15, -0.1) is 0 Å². The van der Waals surface area contributed by atoms with E-state index >= 15 is 0 Å². The summed E-state index contributed by atoms with van der Waals surface area (Å²) in [4.78, 5) is 10.2. The van der Waals surface area contributed by atoms with Gasteiger partial charge in [-0.25, -0.2) is 4.39 Å². The van der Waals surface area contributed by atoms with Crippen molar-refractivity contribution in [2.75, 3.05) is 5.32 Å². The summed E-state index contributed by atoms with van der Waals surface area (Å²) in [6.45, 7) is 2.08. The van der Waals surface area contributed by atoms with E-state index in [1.54, 1.807) is 13.0 Å². The second-order valence-electron chi connectivity index (χ2n) is 4.48. The van der Waals surface area contributed by atoms with Crippen LogP contribution in [0.2, 0.25) is 10.0 Å². The molecule has 0 fully saturated rings. The Morgan fingerprint density at radius 1 is 1.24 bits per heavy atom. The fourth-order valence-electron chi connectivity index (χ4n) is 1.84. The third kappa shape index (κ3) is 3.62. The van der Waals surface area contributed by atoms with Gasteiger partial charge in [0.05, 0.1) is 9.95 Å². The molecule has 0 aliphatic carbocycles. The Kier molecular flexibility index (Phi) is 4.65. The minimum atomic E-state index is -0.534. The van der Waals surface area contributed by atoms with E-state index in [-0.39, 0.29) is 15.7 Å². The molecule has 4 nitrogen and oxygen atoms in total. The Morgan fingerprint density at radius 3 is 2.57 bits per heavy atom. The van der Waals surface area contributed by atoms with E-state index in [0.717, 1.165) is 0 Å². The molecule has 2 aromatic carbocycles. The van der Waals surface area contributed by atoms with Crippen molar-refractivity contribution in [3.05, 3.63) is 67.4 Å². The first-order valence-corrected chi connectivity index (χ1v) is 6.76. The average Bonchev–Trinajstić information content (AvgIpc) is 2.42. The van der Waals surface area contributed by atoms with E-state index in [0.29, 0.717) is 23.4 Å². The third-order valence-corrected chi connectivity index (χ3v) is 3.57. The second kappa shape index (κ2) is 6.28. The van der Waals surface area contributed by atoms with Gasteiger partial charge in [0.1, 0.15) is 10.8 Å². The van der Waals surface area contributed by atoms with E-state index in [1.807, 2.05) is 0 Å². The maximum atomic E-state index is 13.3. The number of nitrogens with one attached hydrogen (secondary N) is 1. The number of anilines is 1. The van der Waals surface area contributed by atoms with Crippen molar-refractivity contribution in [1.82, 2.24) is 0 Å². The van der Waals surface area contributed by atoms with Crippen LogP contribution in [0.5, 0.6) is 0 Å². The summed E-state index contributed by atoms with van der Waals surface area (Å²) in [6.07, 6.45) is 0. The van der Waals surface area contributed by atoms with Crippen molar-refractivity contribution in [2.45, 2.75) is 13.5 Å². The van der Waals surface area contributed by atoms with Crippen molar-refractivity contribution < 1.29 is 9.31 Å². The molecule has 0 amide bonds. The number of halogens is 3. The van der Waals surface area contributed by atoms with Gasteiger partial charge in [-0.2, -0.15) is 0 Å². The zero-order valence-corrected chi connectivity index (χ0v) is 12.5. The number of hydrogen-bond acceptors (Lipinski definition) is 3. The molecular weight excluding hydrogens is 318 g/mol. The van der Waals surface area contributed by atoms with E-state index in [9.17, 15) is 14.5 Å². The van der Waals surface area contributed by atoms with Gasteiger partial charge in [0.15, 0.2) is 0 Å². The lowest BCUT2D eigenvalue weighted by molar-refractivity contribution is -0.384. The number of rotatable bonds is 4. The van der Waals surface area contributed by atoms with Crippen LogP contribution in [0.1, 0.15) is 11.1 Å². The summed E-state index contributed by atoms with van der Waals surface area (Å²) >= 11 is 11.5. The Hall–Kier alpha value is -1.85. The molecule has 0 bridgehead atoms. The van der Waals surface area contributed by atoms with Gasteiger partial charge in [-0.3, -0.25) is 10.1 Å². The van der Waals surface area contributed by atoms with Crippen LogP contribution in [-0.4, -0.2) is 4.92 Å². The Labute approximate surface area is 130 Å². The van der Waals surface area contributed by atoms with Crippen molar-refractivity contribution in [1.29, 1.82) is 0 Å². The fourth-order valence-corrected chi connectivity index (χ4v) is 2.19. The second-order valence-corrected chi connectivity index (χ2v) is 5.29. The standard InChI is InChI=1S/C14H11Cl2FN2O2/c1-8-4-14(19(20)21)11(16)6-13(8)18-7-9-2-3-10(15)12(17)5-9/h2-6,18H,7H2,1H3. The number of nitro benzene ring substituents is 1. The van der Waals surface area contributed by atoms with Crippen LogP contribution in [0.3, 0.4) is 0 Å². The fraction of sp³-hybridized carbons (Fsp3) is 0.143. The van der Waals surface area contributed by atoms with Gasteiger partial charge < -0.3 is 5.32 Å². The molecule has 0 radical (unpaired) electrons. The van der Waals surface area contributed by atoms with Crippen molar-refractivity contribution in [2.24, 2.45) is 0 Å². The summed E-state index contributed by atoms with van der Waals surface area (Å²) in [7, 11) is 0. The average molecular weight is 329 g/mol. The lowest BCUT2D eigenvalue weighted by atomic mass is 10.1. The van der Waals surface area contributed by atoms with E-state index in [2.05, 4.69) is 5.32 Å². The molecule has 0 spiro atoms. The molecular formula is C14H11Cl2FN2O2. The summed E-state index contributed by atoms with van der Waals surface area (Å²) in [5.41, 5.74) is 1.89. The van der Waals surface area contributed by atoms with E-state index < -0.39 is 10.7 Å². The molecule has 7 heteroatoms. The van der Waals surface area contributed by atoms with Crippen LogP contribution in [0.25, 0.3) is 0 Å². The highest BCUT2D eigenvalue weighted by atomic mass is 35.5. The maximum absolute atomic E-state index is 13.3. The highest BCUT2D eigenvalue weighted by molar-refractivity contribution is 6.33. The minimum absolute atomic E-state index is 0.0513. The predicted molar refractivity (Wildman–Crippen MR) is 81.6 cm³/mol. The number of benzene rings is 2. The van der Waals surface area contributed by atoms with Crippen LogP contribution < -0.4 is 5.32 Å². The monoisotopic (exact) mass is 328 g/mol. The first-order chi connectivity index (χ1) is 9.88. The highest BCUT2D eigenvalue weighted by Crippen LogP contribution is 2.30. The van der Waals surface area contributed by atoms with Crippen LogP contribution in [0.15, 0.2) is 30.3 Å². The highest BCUT2D eigenvalue weighted by Gasteiger charge is 2.14. The van der Waals surface area contributed by atoms with Gasteiger partial charge in [0.25, 0.3) is 5.69 Å². The molecule has 110 valence electrons. The van der Waals surface area contributed by atoms with Gasteiger partial charge in [0.2, 0.25) is 0 Å². The summed E-state index contributed by atoms with van der Waals surface area (Å²) < 4.78 is 13.3. The first kappa shape index (κ1) is 15.5. The summed E-state index contributed by atoms with van der Waals surface area (Å²) in [6, 6.07) is 7.39. The Bertz CT molecular complexity index is 708. The zero-order chi connectivity index (χ0) is 15.6. The third-order valence-electron chi connectivity index (χ3n) is 2.96. The van der Waals surface area contributed by atoms with E-state index in [1.165, 1.54) is 24.3 Å². The molecule has 0 aromatic heterocycles. The predicted octanol–water partition coefficient (Wildman–Crippen LogP) is 4.96. The smallest absolute Gasteiger partial charge is 0.288 e. The maximum Gasteiger partial charge on any atom is 0.288 e. The molecule has 0 saturated carbocycles.